The number of furan rings is 1. The first-order valence-electron chi connectivity index (χ1n) is 7.12. The molecule has 122 valence electrons. The molecular weight excluding hydrogens is 314 g/mol. The summed E-state index contributed by atoms with van der Waals surface area (Å²) in [6, 6.07) is 2.29. The third-order valence-electron chi connectivity index (χ3n) is 3.97. The number of fused-ring (bicyclic) bond motifs is 1. The topological polar surface area (TPSA) is 115 Å². The number of carbonyl (C=O) groups excluding carboxylic acids is 2. The van der Waals surface area contributed by atoms with E-state index in [1.807, 2.05) is 13.0 Å². The number of carbonyl (C=O) groups is 2. The van der Waals surface area contributed by atoms with E-state index >= 15 is 0 Å². The summed E-state index contributed by atoms with van der Waals surface area (Å²) in [5.41, 5.74) is 2.58. The average molecular weight is 327 g/mol. The minimum atomic E-state index is -0.733. The van der Waals surface area contributed by atoms with Crippen molar-refractivity contribution in [3.8, 4) is 0 Å². The van der Waals surface area contributed by atoms with Gasteiger partial charge in [-0.15, -0.1) is 0 Å². The predicted octanol–water partition coefficient (Wildman–Crippen LogP) is 2.31. The molecule has 0 radical (unpaired) electrons. The highest BCUT2D eigenvalue weighted by atomic mass is 16.6. The molecule has 2 heterocycles. The van der Waals surface area contributed by atoms with Crippen molar-refractivity contribution in [2.24, 2.45) is 10.9 Å². The molecule has 3 rings (SSSR count). The Kier molecular flexibility index (Phi) is 3.72. The molecule has 0 aromatic carbocycles. The van der Waals surface area contributed by atoms with Crippen LogP contribution in [0.4, 0.5) is 5.88 Å². The van der Waals surface area contributed by atoms with Crippen LogP contribution in [0.1, 0.15) is 24.4 Å². The highest BCUT2D eigenvalue weighted by Gasteiger charge is 2.27. The lowest BCUT2D eigenvalue weighted by atomic mass is 9.85. The van der Waals surface area contributed by atoms with Crippen LogP contribution in [0, 0.1) is 16.0 Å². The van der Waals surface area contributed by atoms with Crippen molar-refractivity contribution < 1.29 is 18.9 Å². The molecule has 24 heavy (non-hydrogen) atoms. The van der Waals surface area contributed by atoms with Crippen LogP contribution in [0.15, 0.2) is 56.6 Å². The van der Waals surface area contributed by atoms with E-state index in [9.17, 15) is 19.7 Å². The summed E-state index contributed by atoms with van der Waals surface area (Å²) in [4.78, 5) is 37.6. The zero-order valence-corrected chi connectivity index (χ0v) is 12.9. The van der Waals surface area contributed by atoms with Crippen LogP contribution in [0.2, 0.25) is 0 Å². The molecule has 8 nitrogen and oxygen atoms in total. The Morgan fingerprint density at radius 2 is 2.12 bits per heavy atom. The summed E-state index contributed by atoms with van der Waals surface area (Å²) in [5.74, 6) is -1.71. The lowest BCUT2D eigenvalue weighted by molar-refractivity contribution is -0.402. The second-order valence-electron chi connectivity index (χ2n) is 5.44. The van der Waals surface area contributed by atoms with Crippen molar-refractivity contribution in [1.82, 2.24) is 5.32 Å². The number of hydrogen-bond acceptors (Lipinski definition) is 5. The van der Waals surface area contributed by atoms with Crippen molar-refractivity contribution in [3.63, 3.8) is 0 Å². The third kappa shape index (κ3) is 2.69. The van der Waals surface area contributed by atoms with Crippen LogP contribution in [0.5, 0.6) is 0 Å². The number of nitrogens with zero attached hydrogens (tertiary/aromatic N) is 2. The van der Waals surface area contributed by atoms with E-state index in [0.29, 0.717) is 17.0 Å². The predicted molar refractivity (Wildman–Crippen MR) is 84.4 cm³/mol. The Morgan fingerprint density at radius 1 is 1.38 bits per heavy atom. The van der Waals surface area contributed by atoms with Gasteiger partial charge in [-0.05, 0) is 32.1 Å². The average Bonchev–Trinajstić information content (AvgIpc) is 3.03. The number of amides is 2. The smallest absolute Gasteiger partial charge is 0.395 e. The van der Waals surface area contributed by atoms with Crippen LogP contribution in [-0.4, -0.2) is 22.4 Å². The zero-order chi connectivity index (χ0) is 17.4. The maximum Gasteiger partial charge on any atom is 0.433 e. The first-order chi connectivity index (χ1) is 11.4. The maximum atomic E-state index is 12.0. The number of aliphatic imine (C=N–C) groups is 1. The number of allylic oxidation sites excluding steroid dienone is 3. The van der Waals surface area contributed by atoms with E-state index in [4.69, 9.17) is 4.42 Å². The molecule has 1 N–H and O–H groups in total. The van der Waals surface area contributed by atoms with Gasteiger partial charge >= 0.3 is 11.8 Å². The summed E-state index contributed by atoms with van der Waals surface area (Å²) in [6.07, 6.45) is 5.11. The van der Waals surface area contributed by atoms with E-state index in [1.165, 1.54) is 6.07 Å². The normalized spacial score (nSPS) is 21.4. The van der Waals surface area contributed by atoms with E-state index < -0.39 is 16.7 Å². The van der Waals surface area contributed by atoms with Gasteiger partial charge in [-0.2, -0.15) is 0 Å². The lowest BCUT2D eigenvalue weighted by Crippen LogP contribution is -2.35. The zero-order valence-electron chi connectivity index (χ0n) is 12.9. The minimum Gasteiger partial charge on any atom is -0.395 e. The number of rotatable bonds is 2. The quantitative estimate of drug-likeness (QED) is 0.661. The SMILES string of the molecule is CC1=C(C)C2C=CC(=NC(=O)c3ccc([N+](=O)[O-])o3)C=C2NC1=O. The standard InChI is InChI=1S/C16H13N3O5/c1-8-9(2)15(20)18-12-7-10(3-4-11(8)12)17-16(21)13-5-6-14(24-13)19(22)23/h3-7,11H,1-2H3,(H,18,20). The van der Waals surface area contributed by atoms with E-state index in [0.717, 1.165) is 11.6 Å². The fourth-order valence-corrected chi connectivity index (χ4v) is 2.51. The van der Waals surface area contributed by atoms with Crippen molar-refractivity contribution >= 4 is 23.4 Å². The van der Waals surface area contributed by atoms with Crippen LogP contribution >= 0.6 is 0 Å². The highest BCUT2D eigenvalue weighted by molar-refractivity contribution is 6.13. The largest absolute Gasteiger partial charge is 0.433 e. The third-order valence-corrected chi connectivity index (χ3v) is 3.97. The summed E-state index contributed by atoms with van der Waals surface area (Å²) in [6.45, 7) is 3.64. The second-order valence-corrected chi connectivity index (χ2v) is 5.44. The first-order valence-corrected chi connectivity index (χ1v) is 7.12. The van der Waals surface area contributed by atoms with Gasteiger partial charge in [0.15, 0.2) is 0 Å². The molecule has 1 aliphatic carbocycles. The fourth-order valence-electron chi connectivity index (χ4n) is 2.51. The molecule has 1 unspecified atom stereocenters. The molecule has 0 saturated heterocycles. The van der Waals surface area contributed by atoms with Crippen LogP contribution in [0.3, 0.4) is 0 Å². The van der Waals surface area contributed by atoms with Gasteiger partial charge in [0, 0.05) is 17.2 Å². The molecule has 1 aliphatic heterocycles. The summed E-state index contributed by atoms with van der Waals surface area (Å²) in [7, 11) is 0. The monoisotopic (exact) mass is 327 g/mol. The molecule has 2 amide bonds. The van der Waals surface area contributed by atoms with E-state index in [2.05, 4.69) is 10.3 Å². The Morgan fingerprint density at radius 3 is 2.79 bits per heavy atom. The van der Waals surface area contributed by atoms with Crippen molar-refractivity contribution in [2.45, 2.75) is 13.8 Å². The van der Waals surface area contributed by atoms with Gasteiger partial charge in [0.1, 0.15) is 4.92 Å². The van der Waals surface area contributed by atoms with Crippen LogP contribution < -0.4 is 5.32 Å². The number of nitrogens with one attached hydrogen (secondary N) is 1. The van der Waals surface area contributed by atoms with E-state index in [1.54, 1.807) is 19.1 Å². The van der Waals surface area contributed by atoms with Gasteiger partial charge in [-0.1, -0.05) is 11.6 Å². The molecule has 1 atom stereocenters. The summed E-state index contributed by atoms with van der Waals surface area (Å²) in [5, 5.41) is 13.3. The first kappa shape index (κ1) is 15.6. The Hall–Kier alpha value is -3.29. The Labute approximate surface area is 136 Å². The molecule has 1 aromatic heterocycles. The van der Waals surface area contributed by atoms with Crippen LogP contribution in [0.25, 0.3) is 0 Å². The second kappa shape index (κ2) is 5.73. The molecule has 0 saturated carbocycles. The fraction of sp³-hybridized carbons (Fsp3) is 0.188. The van der Waals surface area contributed by atoms with E-state index in [-0.39, 0.29) is 17.6 Å². The van der Waals surface area contributed by atoms with Gasteiger partial charge in [0.25, 0.3) is 5.91 Å². The molecule has 2 aliphatic rings. The molecule has 0 bridgehead atoms. The van der Waals surface area contributed by atoms with Gasteiger partial charge in [-0.3, -0.25) is 19.7 Å². The van der Waals surface area contributed by atoms with Crippen molar-refractivity contribution in [1.29, 1.82) is 0 Å². The molecular formula is C16H13N3O5. The van der Waals surface area contributed by atoms with Gasteiger partial charge < -0.3 is 9.73 Å². The lowest BCUT2D eigenvalue weighted by Gasteiger charge is -2.28. The molecule has 0 spiro atoms. The van der Waals surface area contributed by atoms with Crippen molar-refractivity contribution in [3.05, 3.63) is 63.1 Å². The summed E-state index contributed by atoms with van der Waals surface area (Å²) >= 11 is 0. The van der Waals surface area contributed by atoms with Gasteiger partial charge in [-0.25, -0.2) is 4.99 Å². The van der Waals surface area contributed by atoms with Gasteiger partial charge in [0.05, 0.1) is 11.8 Å². The Bertz CT molecular complexity index is 885. The Balaban J connectivity index is 1.86. The molecule has 0 fully saturated rings. The van der Waals surface area contributed by atoms with Gasteiger partial charge in [0.2, 0.25) is 5.76 Å². The highest BCUT2D eigenvalue weighted by Crippen LogP contribution is 2.30. The summed E-state index contributed by atoms with van der Waals surface area (Å²) < 4.78 is 4.83. The van der Waals surface area contributed by atoms with Crippen molar-refractivity contribution in [2.75, 3.05) is 0 Å². The number of hydrogen-bond donors (Lipinski definition) is 1. The number of nitro groups is 1. The maximum absolute atomic E-state index is 12.0. The molecule has 8 heteroatoms. The molecule has 1 aromatic rings. The van der Waals surface area contributed by atoms with Crippen LogP contribution in [-0.2, 0) is 4.79 Å². The minimum absolute atomic E-state index is 0.0542.